The second kappa shape index (κ2) is 6.10. The normalized spacial score (nSPS) is 10.5. The molecule has 2 rings (SSSR count). The number of hydrogen-bond donors (Lipinski definition) is 1. The Morgan fingerprint density at radius 1 is 1.24 bits per heavy atom. The number of hydrogen-bond acceptors (Lipinski definition) is 3. The first-order chi connectivity index (χ1) is 9.88. The van der Waals surface area contributed by atoms with E-state index in [4.69, 9.17) is 11.6 Å². The van der Waals surface area contributed by atoms with Crippen molar-refractivity contribution in [2.45, 2.75) is 27.3 Å². The molecule has 1 N–H and O–H groups in total. The summed E-state index contributed by atoms with van der Waals surface area (Å²) in [5.74, 6) is -0.305. The van der Waals surface area contributed by atoms with Crippen LogP contribution in [0, 0.1) is 20.8 Å². The summed E-state index contributed by atoms with van der Waals surface area (Å²) >= 11 is 5.88. The van der Waals surface area contributed by atoms with E-state index in [2.05, 4.69) is 10.3 Å². The quantitative estimate of drug-likeness (QED) is 0.947. The molecule has 0 aliphatic heterocycles. The van der Waals surface area contributed by atoms with Crippen LogP contribution >= 0.6 is 11.6 Å². The number of carbonyl (C=O) groups is 1. The predicted octanol–water partition coefficient (Wildman–Crippen LogP) is 2.46. The van der Waals surface area contributed by atoms with Gasteiger partial charge < -0.3 is 5.32 Å². The van der Waals surface area contributed by atoms with Crippen molar-refractivity contribution in [3.8, 4) is 0 Å². The fraction of sp³-hybridized carbons (Fsp3) is 0.267. The number of nitrogens with one attached hydrogen (secondary N) is 1. The highest BCUT2D eigenvalue weighted by atomic mass is 35.5. The molecule has 0 fully saturated rings. The van der Waals surface area contributed by atoms with Gasteiger partial charge in [0, 0.05) is 5.69 Å². The first-order valence-electron chi connectivity index (χ1n) is 6.46. The van der Waals surface area contributed by atoms with Gasteiger partial charge in [-0.3, -0.25) is 19.1 Å². The molecule has 5 nitrogen and oxygen atoms in total. The van der Waals surface area contributed by atoms with Gasteiger partial charge in [0.05, 0.1) is 12.4 Å². The zero-order chi connectivity index (χ0) is 15.6. The van der Waals surface area contributed by atoms with Crippen LogP contribution in [-0.2, 0) is 11.3 Å². The average molecular weight is 306 g/mol. The molecular formula is C15H16ClN3O2. The second-order valence-electron chi connectivity index (χ2n) is 4.98. The van der Waals surface area contributed by atoms with Crippen molar-refractivity contribution in [3.05, 3.63) is 56.7 Å². The molecule has 0 unspecified atom stereocenters. The molecule has 1 heterocycles. The topological polar surface area (TPSA) is 64.0 Å². The Morgan fingerprint density at radius 2 is 1.86 bits per heavy atom. The second-order valence-corrected chi connectivity index (χ2v) is 5.36. The van der Waals surface area contributed by atoms with Crippen LogP contribution in [-0.4, -0.2) is 15.5 Å². The molecule has 0 saturated heterocycles. The van der Waals surface area contributed by atoms with E-state index in [0.29, 0.717) is 0 Å². The van der Waals surface area contributed by atoms with Crippen LogP contribution in [0.4, 0.5) is 5.69 Å². The molecule has 0 saturated carbocycles. The summed E-state index contributed by atoms with van der Waals surface area (Å²) in [6.07, 6.45) is 2.46. The molecule has 21 heavy (non-hydrogen) atoms. The van der Waals surface area contributed by atoms with Gasteiger partial charge in [-0.25, -0.2) is 0 Å². The van der Waals surface area contributed by atoms with Gasteiger partial charge in [0.2, 0.25) is 5.91 Å². The Morgan fingerprint density at radius 3 is 2.43 bits per heavy atom. The van der Waals surface area contributed by atoms with Crippen molar-refractivity contribution in [3.63, 3.8) is 0 Å². The lowest BCUT2D eigenvalue weighted by molar-refractivity contribution is -0.116. The number of nitrogens with zero attached hydrogens (tertiary/aromatic N) is 2. The Kier molecular flexibility index (Phi) is 4.43. The molecule has 0 aliphatic rings. The van der Waals surface area contributed by atoms with Crippen molar-refractivity contribution < 1.29 is 4.79 Å². The smallest absolute Gasteiger partial charge is 0.270 e. The highest BCUT2D eigenvalue weighted by Crippen LogP contribution is 2.21. The Balaban J connectivity index is 2.22. The molecule has 6 heteroatoms. The van der Waals surface area contributed by atoms with Crippen molar-refractivity contribution in [1.29, 1.82) is 0 Å². The van der Waals surface area contributed by atoms with Crippen LogP contribution < -0.4 is 10.9 Å². The molecular weight excluding hydrogens is 290 g/mol. The minimum Gasteiger partial charge on any atom is -0.324 e. The summed E-state index contributed by atoms with van der Waals surface area (Å²) < 4.78 is 1.17. The fourth-order valence-electron chi connectivity index (χ4n) is 2.26. The van der Waals surface area contributed by atoms with E-state index in [9.17, 15) is 9.59 Å². The van der Waals surface area contributed by atoms with Crippen molar-refractivity contribution in [2.75, 3.05) is 5.32 Å². The van der Waals surface area contributed by atoms with Crippen molar-refractivity contribution >= 4 is 23.2 Å². The summed E-state index contributed by atoms with van der Waals surface area (Å²) in [5, 5.41) is 2.97. The molecule has 110 valence electrons. The zero-order valence-corrected chi connectivity index (χ0v) is 12.9. The molecule has 0 spiro atoms. The highest BCUT2D eigenvalue weighted by Gasteiger charge is 2.11. The number of benzene rings is 1. The minimum absolute atomic E-state index is 0.134. The third-order valence-electron chi connectivity index (χ3n) is 3.13. The van der Waals surface area contributed by atoms with Crippen LogP contribution in [0.25, 0.3) is 0 Å². The Labute approximate surface area is 127 Å². The lowest BCUT2D eigenvalue weighted by atomic mass is 10.1. The molecule has 0 radical (unpaired) electrons. The number of carbonyl (C=O) groups excluding carboxylic acids is 1. The van der Waals surface area contributed by atoms with Crippen molar-refractivity contribution in [2.24, 2.45) is 0 Å². The maximum Gasteiger partial charge on any atom is 0.270 e. The standard InChI is InChI=1S/C15H16ClN3O2/c1-9-4-10(2)15(11(3)5-9)18-13(20)8-19-12(16)6-17-7-14(19)21/h4-7H,8H2,1-3H3,(H,18,20). The van der Waals surface area contributed by atoms with E-state index in [1.54, 1.807) is 0 Å². The largest absolute Gasteiger partial charge is 0.324 e. The summed E-state index contributed by atoms with van der Waals surface area (Å²) in [4.78, 5) is 27.4. The van der Waals surface area contributed by atoms with Crippen LogP contribution in [0.3, 0.4) is 0 Å². The first kappa shape index (κ1) is 15.3. The number of aryl methyl sites for hydroxylation is 3. The van der Waals surface area contributed by atoms with E-state index in [1.165, 1.54) is 10.8 Å². The van der Waals surface area contributed by atoms with E-state index in [0.717, 1.165) is 28.6 Å². The summed E-state index contributed by atoms with van der Waals surface area (Å²) in [6, 6.07) is 3.99. The molecule has 0 atom stereocenters. The number of anilines is 1. The van der Waals surface area contributed by atoms with E-state index < -0.39 is 5.56 Å². The minimum atomic E-state index is -0.407. The zero-order valence-electron chi connectivity index (χ0n) is 12.1. The Hall–Kier alpha value is -2.14. The average Bonchev–Trinajstić information content (AvgIpc) is 2.38. The summed E-state index contributed by atoms with van der Waals surface area (Å²) in [6.45, 7) is 5.72. The number of amides is 1. The maximum absolute atomic E-state index is 12.1. The lowest BCUT2D eigenvalue weighted by Gasteiger charge is -2.13. The molecule has 0 aliphatic carbocycles. The van der Waals surface area contributed by atoms with E-state index in [1.807, 2.05) is 32.9 Å². The van der Waals surface area contributed by atoms with Gasteiger partial charge in [-0.1, -0.05) is 29.3 Å². The SMILES string of the molecule is Cc1cc(C)c(NC(=O)Cn2c(Cl)cncc2=O)c(C)c1. The highest BCUT2D eigenvalue weighted by molar-refractivity contribution is 6.29. The van der Waals surface area contributed by atoms with Gasteiger partial charge in [0.15, 0.2) is 0 Å². The van der Waals surface area contributed by atoms with Gasteiger partial charge in [0.25, 0.3) is 5.56 Å². The number of halogens is 1. The third-order valence-corrected chi connectivity index (χ3v) is 3.43. The van der Waals surface area contributed by atoms with Gasteiger partial charge in [-0.05, 0) is 31.9 Å². The van der Waals surface area contributed by atoms with E-state index in [-0.39, 0.29) is 17.6 Å². The fourth-order valence-corrected chi connectivity index (χ4v) is 2.46. The molecule has 2 aromatic rings. The number of rotatable bonds is 3. The van der Waals surface area contributed by atoms with Crippen molar-refractivity contribution in [1.82, 2.24) is 9.55 Å². The Bertz CT molecular complexity index is 730. The number of aromatic nitrogens is 2. The van der Waals surface area contributed by atoms with Gasteiger partial charge in [-0.2, -0.15) is 0 Å². The first-order valence-corrected chi connectivity index (χ1v) is 6.84. The molecule has 1 aromatic carbocycles. The molecule has 0 bridgehead atoms. The van der Waals surface area contributed by atoms with Crippen LogP contribution in [0.2, 0.25) is 5.15 Å². The van der Waals surface area contributed by atoms with Crippen LogP contribution in [0.1, 0.15) is 16.7 Å². The van der Waals surface area contributed by atoms with Crippen LogP contribution in [0.15, 0.2) is 29.3 Å². The van der Waals surface area contributed by atoms with Gasteiger partial charge >= 0.3 is 0 Å². The van der Waals surface area contributed by atoms with Crippen LogP contribution in [0.5, 0.6) is 0 Å². The van der Waals surface area contributed by atoms with E-state index >= 15 is 0 Å². The summed E-state index contributed by atoms with van der Waals surface area (Å²) in [7, 11) is 0. The molecule has 1 aromatic heterocycles. The van der Waals surface area contributed by atoms with Gasteiger partial charge in [-0.15, -0.1) is 0 Å². The summed E-state index contributed by atoms with van der Waals surface area (Å²) in [5.41, 5.74) is 3.46. The third kappa shape index (κ3) is 3.49. The molecule has 1 amide bonds. The monoisotopic (exact) mass is 305 g/mol. The van der Waals surface area contributed by atoms with Gasteiger partial charge in [0.1, 0.15) is 11.7 Å². The lowest BCUT2D eigenvalue weighted by Crippen LogP contribution is -2.28. The maximum atomic E-state index is 12.1. The predicted molar refractivity (Wildman–Crippen MR) is 82.8 cm³/mol.